The maximum Gasteiger partial charge on any atom is 0.0192 e. The van der Waals surface area contributed by atoms with Crippen molar-refractivity contribution in [3.05, 3.63) is 0 Å². The molecule has 86 valence electrons. The molecule has 0 aliphatic carbocycles. The molecule has 1 N–H and O–H groups in total. The first-order valence-corrected chi connectivity index (χ1v) is 6.10. The second-order valence-corrected chi connectivity index (χ2v) is 4.26. The summed E-state index contributed by atoms with van der Waals surface area (Å²) in [6.45, 7) is 15.9. The third-order valence-corrected chi connectivity index (χ3v) is 2.96. The summed E-state index contributed by atoms with van der Waals surface area (Å²) in [5.74, 6) is 0.819. The Morgan fingerprint density at radius 3 is 2.21 bits per heavy atom. The average molecular weight is 200 g/mol. The molecule has 0 bridgehead atoms. The lowest BCUT2D eigenvalue weighted by molar-refractivity contribution is 0.186. The molecule has 0 saturated carbocycles. The molecular formula is C12H28N2. The quantitative estimate of drug-likeness (QED) is 0.647. The Bertz CT molecular complexity index is 125. The molecule has 2 heteroatoms. The van der Waals surface area contributed by atoms with Crippen molar-refractivity contribution in [3.63, 3.8) is 0 Å². The summed E-state index contributed by atoms with van der Waals surface area (Å²) in [5, 5.41) is 3.41. The lowest BCUT2D eigenvalue weighted by atomic mass is 10.1. The molecule has 0 heterocycles. The Hall–Kier alpha value is -0.0800. The summed E-state index contributed by atoms with van der Waals surface area (Å²) in [7, 11) is 0. The highest BCUT2D eigenvalue weighted by atomic mass is 15.2. The fraction of sp³-hybridized carbons (Fsp3) is 1.00. The van der Waals surface area contributed by atoms with E-state index in [1.54, 1.807) is 0 Å². The van der Waals surface area contributed by atoms with Crippen LogP contribution in [0.1, 0.15) is 41.0 Å². The van der Waals surface area contributed by atoms with Gasteiger partial charge in [0.2, 0.25) is 0 Å². The highest BCUT2D eigenvalue weighted by Crippen LogP contribution is 2.07. The van der Waals surface area contributed by atoms with E-state index in [0.29, 0.717) is 6.04 Å². The van der Waals surface area contributed by atoms with Crippen LogP contribution >= 0.6 is 0 Å². The van der Waals surface area contributed by atoms with Gasteiger partial charge in [0.25, 0.3) is 0 Å². The largest absolute Gasteiger partial charge is 0.315 e. The normalized spacial score (nSPS) is 15.9. The third kappa shape index (κ3) is 5.61. The average Bonchev–Trinajstić information content (AvgIpc) is 2.21. The van der Waals surface area contributed by atoms with Crippen molar-refractivity contribution in [1.82, 2.24) is 10.2 Å². The Morgan fingerprint density at radius 1 is 1.14 bits per heavy atom. The molecule has 2 atom stereocenters. The number of hydrogen-bond donors (Lipinski definition) is 1. The van der Waals surface area contributed by atoms with Gasteiger partial charge in [-0.3, -0.25) is 4.90 Å². The number of likely N-dealkylation sites (N-methyl/N-ethyl adjacent to an activating group) is 2. The zero-order valence-corrected chi connectivity index (χ0v) is 10.6. The first-order chi connectivity index (χ1) is 6.65. The van der Waals surface area contributed by atoms with Crippen molar-refractivity contribution in [2.45, 2.75) is 47.1 Å². The van der Waals surface area contributed by atoms with Gasteiger partial charge in [0, 0.05) is 19.1 Å². The van der Waals surface area contributed by atoms with Crippen molar-refractivity contribution in [1.29, 1.82) is 0 Å². The Morgan fingerprint density at radius 2 is 1.79 bits per heavy atom. The van der Waals surface area contributed by atoms with Gasteiger partial charge in [-0.05, 0) is 25.9 Å². The van der Waals surface area contributed by atoms with E-state index in [9.17, 15) is 0 Å². The van der Waals surface area contributed by atoms with E-state index in [1.807, 2.05) is 0 Å². The van der Waals surface area contributed by atoms with E-state index in [2.05, 4.69) is 44.8 Å². The van der Waals surface area contributed by atoms with E-state index in [0.717, 1.165) is 25.6 Å². The first-order valence-electron chi connectivity index (χ1n) is 6.10. The van der Waals surface area contributed by atoms with Gasteiger partial charge in [-0.15, -0.1) is 0 Å². The molecule has 0 aromatic carbocycles. The fourth-order valence-electron chi connectivity index (χ4n) is 1.63. The van der Waals surface area contributed by atoms with Gasteiger partial charge in [0.05, 0.1) is 0 Å². The molecule has 0 aromatic heterocycles. The minimum atomic E-state index is 0.661. The molecule has 0 radical (unpaired) electrons. The van der Waals surface area contributed by atoms with Crippen molar-refractivity contribution in [3.8, 4) is 0 Å². The number of nitrogens with one attached hydrogen (secondary N) is 1. The molecule has 0 fully saturated rings. The van der Waals surface area contributed by atoms with Crippen LogP contribution in [0.3, 0.4) is 0 Å². The number of nitrogens with zero attached hydrogens (tertiary/aromatic N) is 1. The maximum absolute atomic E-state index is 3.41. The zero-order chi connectivity index (χ0) is 11.0. The fourth-order valence-corrected chi connectivity index (χ4v) is 1.63. The molecule has 0 aromatic rings. The molecule has 2 unspecified atom stereocenters. The van der Waals surface area contributed by atoms with Gasteiger partial charge in [-0.2, -0.15) is 0 Å². The van der Waals surface area contributed by atoms with Crippen molar-refractivity contribution in [2.24, 2.45) is 5.92 Å². The predicted molar refractivity (Wildman–Crippen MR) is 64.7 cm³/mol. The SMILES string of the molecule is CCNCC(C)N(CC)CC(C)CC. The van der Waals surface area contributed by atoms with Gasteiger partial charge in [-0.25, -0.2) is 0 Å². The Balaban J connectivity index is 3.85. The van der Waals surface area contributed by atoms with Crippen LogP contribution in [0.5, 0.6) is 0 Å². The molecule has 2 nitrogen and oxygen atoms in total. The Labute approximate surface area is 90.1 Å². The van der Waals surface area contributed by atoms with Crippen LogP contribution in [-0.2, 0) is 0 Å². The van der Waals surface area contributed by atoms with Crippen LogP contribution in [0.15, 0.2) is 0 Å². The van der Waals surface area contributed by atoms with Gasteiger partial charge >= 0.3 is 0 Å². The predicted octanol–water partition coefficient (Wildman–Crippen LogP) is 2.35. The first kappa shape index (κ1) is 13.9. The molecule has 0 aliphatic heterocycles. The van der Waals surface area contributed by atoms with E-state index in [1.165, 1.54) is 13.0 Å². The van der Waals surface area contributed by atoms with Crippen LogP contribution in [0.2, 0.25) is 0 Å². The summed E-state index contributed by atoms with van der Waals surface area (Å²) < 4.78 is 0. The van der Waals surface area contributed by atoms with Crippen LogP contribution in [0.25, 0.3) is 0 Å². The number of hydrogen-bond acceptors (Lipinski definition) is 2. The lowest BCUT2D eigenvalue weighted by Crippen LogP contribution is -2.42. The topological polar surface area (TPSA) is 15.3 Å². The number of rotatable bonds is 8. The standard InChI is InChI=1S/C12H28N2/c1-6-11(4)10-14(8-3)12(5)9-13-7-2/h11-13H,6-10H2,1-5H3. The molecule has 0 amide bonds. The molecule has 0 aliphatic rings. The minimum Gasteiger partial charge on any atom is -0.315 e. The summed E-state index contributed by atoms with van der Waals surface area (Å²) in [6, 6.07) is 0.661. The van der Waals surface area contributed by atoms with Crippen molar-refractivity contribution >= 4 is 0 Å². The van der Waals surface area contributed by atoms with E-state index in [4.69, 9.17) is 0 Å². The molecule has 0 saturated heterocycles. The lowest BCUT2D eigenvalue weighted by Gasteiger charge is -2.30. The molecule has 0 rings (SSSR count). The smallest absolute Gasteiger partial charge is 0.0192 e. The summed E-state index contributed by atoms with van der Waals surface area (Å²) >= 11 is 0. The monoisotopic (exact) mass is 200 g/mol. The van der Waals surface area contributed by atoms with Gasteiger partial charge < -0.3 is 5.32 Å². The van der Waals surface area contributed by atoms with Crippen molar-refractivity contribution in [2.75, 3.05) is 26.2 Å². The van der Waals surface area contributed by atoms with Gasteiger partial charge in [-0.1, -0.05) is 34.1 Å². The molecule has 14 heavy (non-hydrogen) atoms. The van der Waals surface area contributed by atoms with Gasteiger partial charge in [0.15, 0.2) is 0 Å². The summed E-state index contributed by atoms with van der Waals surface area (Å²) in [5.41, 5.74) is 0. The Kier molecular flexibility index (Phi) is 8.20. The minimum absolute atomic E-state index is 0.661. The van der Waals surface area contributed by atoms with E-state index < -0.39 is 0 Å². The summed E-state index contributed by atoms with van der Waals surface area (Å²) in [4.78, 5) is 2.57. The van der Waals surface area contributed by atoms with E-state index in [-0.39, 0.29) is 0 Å². The third-order valence-electron chi connectivity index (χ3n) is 2.96. The molecule has 0 spiro atoms. The highest BCUT2D eigenvalue weighted by Gasteiger charge is 2.13. The van der Waals surface area contributed by atoms with Crippen LogP contribution < -0.4 is 5.32 Å². The highest BCUT2D eigenvalue weighted by molar-refractivity contribution is 4.70. The second-order valence-electron chi connectivity index (χ2n) is 4.26. The maximum atomic E-state index is 3.41. The van der Waals surface area contributed by atoms with Gasteiger partial charge in [0.1, 0.15) is 0 Å². The van der Waals surface area contributed by atoms with E-state index >= 15 is 0 Å². The zero-order valence-electron chi connectivity index (χ0n) is 10.6. The van der Waals surface area contributed by atoms with Crippen LogP contribution in [0.4, 0.5) is 0 Å². The van der Waals surface area contributed by atoms with Crippen LogP contribution in [0, 0.1) is 5.92 Å². The second kappa shape index (κ2) is 8.25. The van der Waals surface area contributed by atoms with Crippen molar-refractivity contribution < 1.29 is 0 Å². The summed E-state index contributed by atoms with van der Waals surface area (Å²) in [6.07, 6.45) is 1.28. The van der Waals surface area contributed by atoms with Crippen LogP contribution in [-0.4, -0.2) is 37.1 Å². The molecular weight excluding hydrogens is 172 g/mol.